The van der Waals surface area contributed by atoms with E-state index in [4.69, 9.17) is 9.47 Å². The van der Waals surface area contributed by atoms with Gasteiger partial charge in [-0.1, -0.05) is 51.0 Å². The topological polar surface area (TPSA) is 74.9 Å². The summed E-state index contributed by atoms with van der Waals surface area (Å²) in [4.78, 5) is 34.8. The van der Waals surface area contributed by atoms with Crippen molar-refractivity contribution in [3.05, 3.63) is 59.3 Å². The minimum atomic E-state index is -1.07. The number of hydrogen-bond acceptors (Lipinski definition) is 4. The summed E-state index contributed by atoms with van der Waals surface area (Å²) in [6.45, 7) is 10.4. The molecule has 1 saturated heterocycles. The van der Waals surface area contributed by atoms with Crippen molar-refractivity contribution in [2.24, 2.45) is 0 Å². The average Bonchev–Trinajstić information content (AvgIpc) is 3.32. The van der Waals surface area contributed by atoms with Crippen LogP contribution in [-0.2, 0) is 15.1 Å². The summed E-state index contributed by atoms with van der Waals surface area (Å²) in [6, 6.07) is 14.3. The smallest absolute Gasteiger partial charge is 0.254 e. The number of amides is 2. The van der Waals surface area contributed by atoms with Gasteiger partial charge < -0.3 is 24.3 Å². The molecule has 202 valence electrons. The number of aromatic amines is 1. The first-order chi connectivity index (χ1) is 18.4. The lowest BCUT2D eigenvalue weighted by atomic mass is 9.76. The molecule has 1 fully saturated rings. The highest BCUT2D eigenvalue weighted by atomic mass is 16.5. The number of aromatic nitrogens is 1. The molecule has 2 amide bonds. The molecule has 0 radical (unpaired) electrons. The van der Waals surface area contributed by atoms with E-state index in [0.29, 0.717) is 32.1 Å². The molecule has 38 heavy (non-hydrogen) atoms. The monoisotopic (exact) mass is 517 g/mol. The molecule has 0 aliphatic carbocycles. The van der Waals surface area contributed by atoms with Gasteiger partial charge in [-0.2, -0.15) is 0 Å². The van der Waals surface area contributed by atoms with Gasteiger partial charge in [0.05, 0.1) is 25.5 Å². The quantitative estimate of drug-likeness (QED) is 0.357. The summed E-state index contributed by atoms with van der Waals surface area (Å²) in [5.41, 5.74) is 2.84. The minimum Gasteiger partial charge on any atom is -0.490 e. The Morgan fingerprint density at radius 1 is 1.00 bits per heavy atom. The van der Waals surface area contributed by atoms with E-state index in [1.807, 2.05) is 44.2 Å². The number of carbonyl (C=O) groups excluding carboxylic acids is 2. The molecule has 7 nitrogen and oxygen atoms in total. The molecule has 2 aliphatic heterocycles. The number of fused-ring (bicyclic) bond motifs is 5. The zero-order valence-corrected chi connectivity index (χ0v) is 23.0. The average molecular weight is 518 g/mol. The van der Waals surface area contributed by atoms with E-state index in [9.17, 15) is 9.59 Å². The Morgan fingerprint density at radius 2 is 1.82 bits per heavy atom. The Kier molecular flexibility index (Phi) is 7.37. The van der Waals surface area contributed by atoms with Crippen LogP contribution in [0.1, 0.15) is 76.1 Å². The Labute approximate surface area is 225 Å². The molecule has 0 saturated carbocycles. The number of nitrogens with one attached hydrogen (secondary N) is 1. The summed E-state index contributed by atoms with van der Waals surface area (Å²) in [5, 5.41) is 1.08. The van der Waals surface area contributed by atoms with Crippen LogP contribution in [0.2, 0.25) is 0 Å². The fourth-order valence-electron chi connectivity index (χ4n) is 6.05. The molecule has 0 bridgehead atoms. The van der Waals surface area contributed by atoms with Gasteiger partial charge in [0.2, 0.25) is 5.91 Å². The van der Waals surface area contributed by atoms with E-state index in [2.05, 4.69) is 31.0 Å². The van der Waals surface area contributed by atoms with Crippen molar-refractivity contribution in [1.29, 1.82) is 0 Å². The molecule has 1 aromatic heterocycles. The summed E-state index contributed by atoms with van der Waals surface area (Å²) in [5.74, 6) is 1.31. The fourth-order valence-corrected chi connectivity index (χ4v) is 6.05. The zero-order chi connectivity index (χ0) is 26.9. The summed E-state index contributed by atoms with van der Waals surface area (Å²) < 4.78 is 11.9. The maximum atomic E-state index is 14.1. The van der Waals surface area contributed by atoms with E-state index in [1.165, 1.54) is 0 Å². The summed E-state index contributed by atoms with van der Waals surface area (Å²) in [7, 11) is 0. The number of piperazine rings is 1. The summed E-state index contributed by atoms with van der Waals surface area (Å²) in [6.07, 6.45) is 3.92. The third kappa shape index (κ3) is 4.32. The van der Waals surface area contributed by atoms with Crippen molar-refractivity contribution in [2.45, 2.75) is 64.8 Å². The first-order valence-corrected chi connectivity index (χ1v) is 14.0. The molecule has 3 heterocycles. The first kappa shape index (κ1) is 26.1. The van der Waals surface area contributed by atoms with Gasteiger partial charge in [0.25, 0.3) is 5.91 Å². The predicted octanol–water partition coefficient (Wildman–Crippen LogP) is 5.58. The Hall–Kier alpha value is -3.48. The number of nitrogens with zero attached hydrogens (tertiary/aromatic N) is 2. The lowest BCUT2D eigenvalue weighted by molar-refractivity contribution is -0.166. The summed E-state index contributed by atoms with van der Waals surface area (Å²) >= 11 is 0. The highest BCUT2D eigenvalue weighted by molar-refractivity contribution is 6.01. The Morgan fingerprint density at radius 3 is 2.58 bits per heavy atom. The maximum Gasteiger partial charge on any atom is 0.254 e. The number of carbonyl (C=O) groups is 2. The van der Waals surface area contributed by atoms with Crippen LogP contribution < -0.4 is 9.47 Å². The zero-order valence-electron chi connectivity index (χ0n) is 23.0. The number of rotatable bonds is 10. The van der Waals surface area contributed by atoms with E-state index in [-0.39, 0.29) is 24.3 Å². The van der Waals surface area contributed by atoms with E-state index < -0.39 is 5.54 Å². The lowest BCUT2D eigenvalue weighted by Gasteiger charge is -2.51. The normalized spacial score (nSPS) is 21.0. The van der Waals surface area contributed by atoms with E-state index in [0.717, 1.165) is 59.2 Å². The van der Waals surface area contributed by atoms with Gasteiger partial charge in [-0.05, 0) is 56.0 Å². The Balaban J connectivity index is 1.63. The maximum absolute atomic E-state index is 14.1. The van der Waals surface area contributed by atoms with Crippen molar-refractivity contribution in [2.75, 3.05) is 32.8 Å². The van der Waals surface area contributed by atoms with Crippen molar-refractivity contribution in [1.82, 2.24) is 14.8 Å². The van der Waals surface area contributed by atoms with Gasteiger partial charge in [0.1, 0.15) is 0 Å². The number of para-hydroxylation sites is 1. The van der Waals surface area contributed by atoms with Crippen molar-refractivity contribution >= 4 is 22.7 Å². The number of hydrogen-bond donors (Lipinski definition) is 1. The van der Waals surface area contributed by atoms with Gasteiger partial charge in [-0.3, -0.25) is 9.59 Å². The second-order valence-electron chi connectivity index (χ2n) is 10.5. The molecular weight excluding hydrogens is 478 g/mol. The largest absolute Gasteiger partial charge is 0.490 e. The molecule has 2 aliphatic rings. The molecular formula is C31H39N3O4. The molecule has 2 atom stereocenters. The highest BCUT2D eigenvalue weighted by Crippen LogP contribution is 2.49. The third-order valence-corrected chi connectivity index (χ3v) is 7.98. The predicted molar refractivity (Wildman–Crippen MR) is 149 cm³/mol. The van der Waals surface area contributed by atoms with Crippen molar-refractivity contribution in [3.63, 3.8) is 0 Å². The van der Waals surface area contributed by atoms with Crippen LogP contribution in [0.3, 0.4) is 0 Å². The first-order valence-electron chi connectivity index (χ1n) is 14.0. The fraction of sp³-hybridized carbons (Fsp3) is 0.484. The van der Waals surface area contributed by atoms with Gasteiger partial charge in [0, 0.05) is 29.9 Å². The van der Waals surface area contributed by atoms with E-state index >= 15 is 0 Å². The van der Waals surface area contributed by atoms with Crippen LogP contribution in [0, 0.1) is 0 Å². The van der Waals surface area contributed by atoms with Crippen molar-refractivity contribution in [3.8, 4) is 11.5 Å². The number of ether oxygens (including phenoxy) is 2. The number of H-pyrrole nitrogens is 1. The van der Waals surface area contributed by atoms with Gasteiger partial charge >= 0.3 is 0 Å². The van der Waals surface area contributed by atoms with Crippen molar-refractivity contribution < 1.29 is 19.1 Å². The second kappa shape index (κ2) is 10.7. The second-order valence-corrected chi connectivity index (χ2v) is 10.5. The standard InChI is InChI=1S/C31H39N3O4/c1-5-8-11-16-33-20-27(35)34-19-23(21-14-15-25(38-17-6-2)26(18-21)37-7-3)28-22-12-9-10-13-24(22)32-29(28)31(34,4)30(33)36/h9-10,12-15,18,23,32H,5-8,11,16-17,19-20H2,1-4H3/t23-,31-/m0/s1. The molecule has 5 rings (SSSR count). The van der Waals surface area contributed by atoms with Crippen LogP contribution in [0.5, 0.6) is 11.5 Å². The highest BCUT2D eigenvalue weighted by Gasteiger charge is 2.56. The van der Waals surface area contributed by atoms with Crippen LogP contribution in [-0.4, -0.2) is 59.4 Å². The van der Waals surface area contributed by atoms with E-state index in [1.54, 1.807) is 9.80 Å². The molecule has 0 spiro atoms. The molecule has 3 aromatic rings. The third-order valence-electron chi connectivity index (χ3n) is 7.98. The van der Waals surface area contributed by atoms with Gasteiger partial charge in [0.15, 0.2) is 17.0 Å². The molecule has 0 unspecified atom stereocenters. The van der Waals surface area contributed by atoms with Gasteiger partial charge in [-0.15, -0.1) is 0 Å². The van der Waals surface area contributed by atoms with Crippen LogP contribution in [0.25, 0.3) is 10.9 Å². The number of unbranched alkanes of at least 4 members (excludes halogenated alkanes) is 2. The lowest BCUT2D eigenvalue weighted by Crippen LogP contribution is -2.67. The molecule has 7 heteroatoms. The molecule has 1 N–H and O–H groups in total. The number of benzene rings is 2. The molecule has 2 aromatic carbocycles. The van der Waals surface area contributed by atoms with Crippen LogP contribution in [0.4, 0.5) is 0 Å². The van der Waals surface area contributed by atoms with Crippen LogP contribution >= 0.6 is 0 Å². The van der Waals surface area contributed by atoms with Gasteiger partial charge in [-0.25, -0.2) is 0 Å². The minimum absolute atomic E-state index is 0.00206. The SMILES string of the molecule is CCCCCN1CC(=O)N2C[C@@H](c3ccc(OCCC)c(OCC)c3)c3c([nH]c4ccccc34)[C@@]2(C)C1=O. The van der Waals surface area contributed by atoms with Crippen LogP contribution in [0.15, 0.2) is 42.5 Å². The Bertz CT molecular complexity index is 1330.